The quantitative estimate of drug-likeness (QED) is 0.896. The number of rotatable bonds is 4. The van der Waals surface area contributed by atoms with E-state index in [9.17, 15) is 4.39 Å². The minimum absolute atomic E-state index is 0.143. The first-order valence-electron chi connectivity index (χ1n) is 7.58. The largest absolute Gasteiger partial charge is 0.330 e. The lowest BCUT2D eigenvalue weighted by Gasteiger charge is -2.17. The molecule has 1 heterocycles. The zero-order valence-electron chi connectivity index (χ0n) is 12.4. The zero-order chi connectivity index (χ0) is 15.5. The molecule has 0 saturated carbocycles. The molecular formula is C18H20BrFN2. The van der Waals surface area contributed by atoms with Gasteiger partial charge in [0.1, 0.15) is 5.82 Å². The van der Waals surface area contributed by atoms with E-state index in [0.29, 0.717) is 24.9 Å². The molecule has 2 aromatic carbocycles. The average Bonchev–Trinajstić information content (AvgIpc) is 2.95. The highest BCUT2D eigenvalue weighted by atomic mass is 79.9. The minimum Gasteiger partial charge on any atom is -0.330 e. The van der Waals surface area contributed by atoms with Crippen LogP contribution >= 0.6 is 15.9 Å². The van der Waals surface area contributed by atoms with E-state index < -0.39 is 0 Å². The van der Waals surface area contributed by atoms with Crippen LogP contribution in [-0.4, -0.2) is 24.5 Å². The van der Waals surface area contributed by atoms with Gasteiger partial charge in [-0.25, -0.2) is 4.39 Å². The number of benzene rings is 2. The van der Waals surface area contributed by atoms with Gasteiger partial charge >= 0.3 is 0 Å². The maximum atomic E-state index is 13.9. The number of nitrogens with two attached hydrogens (primary N) is 1. The molecule has 0 unspecified atom stereocenters. The van der Waals surface area contributed by atoms with E-state index in [-0.39, 0.29) is 5.82 Å². The van der Waals surface area contributed by atoms with Crippen molar-refractivity contribution in [3.8, 4) is 0 Å². The summed E-state index contributed by atoms with van der Waals surface area (Å²) in [5, 5.41) is 0. The van der Waals surface area contributed by atoms with Crippen molar-refractivity contribution < 1.29 is 4.39 Å². The molecule has 2 atom stereocenters. The molecule has 4 heteroatoms. The summed E-state index contributed by atoms with van der Waals surface area (Å²) < 4.78 is 14.9. The summed E-state index contributed by atoms with van der Waals surface area (Å²) in [6.07, 6.45) is 0. The van der Waals surface area contributed by atoms with Crippen LogP contribution in [0.5, 0.6) is 0 Å². The Hall–Kier alpha value is -1.23. The highest BCUT2D eigenvalue weighted by molar-refractivity contribution is 9.10. The first-order chi connectivity index (χ1) is 10.7. The van der Waals surface area contributed by atoms with Gasteiger partial charge in [-0.3, -0.25) is 4.90 Å². The number of hydrogen-bond acceptors (Lipinski definition) is 2. The Morgan fingerprint density at radius 3 is 2.64 bits per heavy atom. The van der Waals surface area contributed by atoms with Crippen molar-refractivity contribution in [3.63, 3.8) is 0 Å². The van der Waals surface area contributed by atoms with Crippen molar-refractivity contribution in [2.75, 3.05) is 19.6 Å². The van der Waals surface area contributed by atoms with Gasteiger partial charge < -0.3 is 5.73 Å². The van der Waals surface area contributed by atoms with Crippen molar-refractivity contribution in [3.05, 3.63) is 69.9 Å². The van der Waals surface area contributed by atoms with Crippen LogP contribution in [-0.2, 0) is 6.54 Å². The maximum absolute atomic E-state index is 13.9. The molecular weight excluding hydrogens is 343 g/mol. The third kappa shape index (κ3) is 3.40. The van der Waals surface area contributed by atoms with E-state index in [0.717, 1.165) is 23.1 Å². The lowest BCUT2D eigenvalue weighted by atomic mass is 9.89. The average molecular weight is 363 g/mol. The molecule has 2 aromatic rings. The molecule has 2 N–H and O–H groups in total. The van der Waals surface area contributed by atoms with E-state index in [4.69, 9.17) is 5.73 Å². The first-order valence-corrected chi connectivity index (χ1v) is 8.38. The lowest BCUT2D eigenvalue weighted by molar-refractivity contribution is 0.311. The molecule has 0 bridgehead atoms. The molecule has 0 amide bonds. The second-order valence-corrected chi connectivity index (χ2v) is 6.86. The molecule has 0 radical (unpaired) electrons. The SMILES string of the molecule is NC[C@@H]1CN(Cc2cc(Br)ccc2F)C[C@H]1c1ccccc1. The molecule has 1 saturated heterocycles. The Morgan fingerprint density at radius 2 is 1.91 bits per heavy atom. The number of halogens is 2. The van der Waals surface area contributed by atoms with Gasteiger partial charge in [0.15, 0.2) is 0 Å². The van der Waals surface area contributed by atoms with Crippen molar-refractivity contribution in [2.45, 2.75) is 12.5 Å². The maximum Gasteiger partial charge on any atom is 0.127 e. The van der Waals surface area contributed by atoms with Gasteiger partial charge in [-0.2, -0.15) is 0 Å². The Morgan fingerprint density at radius 1 is 1.14 bits per heavy atom. The third-order valence-electron chi connectivity index (χ3n) is 4.45. The van der Waals surface area contributed by atoms with Crippen molar-refractivity contribution in [1.82, 2.24) is 4.90 Å². The van der Waals surface area contributed by atoms with Gasteiger partial charge in [0.05, 0.1) is 0 Å². The summed E-state index contributed by atoms with van der Waals surface area (Å²) in [5.74, 6) is 0.717. The van der Waals surface area contributed by atoms with Crippen LogP contribution in [0.2, 0.25) is 0 Å². The fourth-order valence-corrected chi connectivity index (χ4v) is 3.72. The van der Waals surface area contributed by atoms with E-state index in [1.807, 2.05) is 12.1 Å². The van der Waals surface area contributed by atoms with E-state index in [1.54, 1.807) is 6.07 Å². The highest BCUT2D eigenvalue weighted by Crippen LogP contribution is 2.33. The van der Waals surface area contributed by atoms with E-state index in [2.05, 4.69) is 45.1 Å². The topological polar surface area (TPSA) is 29.3 Å². The molecule has 3 rings (SSSR count). The summed E-state index contributed by atoms with van der Waals surface area (Å²) in [5.41, 5.74) is 8.03. The molecule has 116 valence electrons. The molecule has 22 heavy (non-hydrogen) atoms. The fraction of sp³-hybridized carbons (Fsp3) is 0.333. The van der Waals surface area contributed by atoms with Gasteiger partial charge in [0, 0.05) is 35.6 Å². The van der Waals surface area contributed by atoms with Crippen LogP contribution < -0.4 is 5.73 Å². The molecule has 0 aromatic heterocycles. The number of likely N-dealkylation sites (tertiary alicyclic amines) is 1. The van der Waals surface area contributed by atoms with Crippen LogP contribution in [0.4, 0.5) is 4.39 Å². The molecule has 1 aliphatic heterocycles. The van der Waals surface area contributed by atoms with Crippen LogP contribution in [0.3, 0.4) is 0 Å². The fourth-order valence-electron chi connectivity index (χ4n) is 3.31. The standard InChI is InChI=1S/C18H20BrFN2/c19-16-6-7-18(20)14(8-16)10-22-11-15(9-21)17(12-22)13-4-2-1-3-5-13/h1-8,15,17H,9-12,21H2/t15-,17+/m1/s1. The Labute approximate surface area is 139 Å². The predicted molar refractivity (Wildman–Crippen MR) is 91.1 cm³/mol. The Bertz CT molecular complexity index is 632. The van der Waals surface area contributed by atoms with E-state index in [1.165, 1.54) is 11.6 Å². The van der Waals surface area contributed by atoms with Crippen molar-refractivity contribution >= 4 is 15.9 Å². The lowest BCUT2D eigenvalue weighted by Crippen LogP contribution is -2.23. The molecule has 1 aliphatic rings. The summed E-state index contributed by atoms with van der Waals surface area (Å²) in [6, 6.07) is 15.6. The molecule has 1 fully saturated rings. The molecule has 0 aliphatic carbocycles. The summed E-state index contributed by atoms with van der Waals surface area (Å²) in [7, 11) is 0. The van der Waals surface area contributed by atoms with Gasteiger partial charge in [0.25, 0.3) is 0 Å². The van der Waals surface area contributed by atoms with Crippen LogP contribution in [0.15, 0.2) is 53.0 Å². The normalized spacial score (nSPS) is 22.1. The predicted octanol–water partition coefficient (Wildman–Crippen LogP) is 3.76. The minimum atomic E-state index is -0.143. The monoisotopic (exact) mass is 362 g/mol. The van der Waals surface area contributed by atoms with Crippen molar-refractivity contribution in [2.24, 2.45) is 11.7 Å². The summed E-state index contributed by atoms with van der Waals surface area (Å²) in [4.78, 5) is 2.31. The van der Waals surface area contributed by atoms with Crippen LogP contribution in [0, 0.1) is 11.7 Å². The Kier molecular flexibility index (Phi) is 4.91. The van der Waals surface area contributed by atoms with Gasteiger partial charge in [-0.05, 0) is 36.2 Å². The highest BCUT2D eigenvalue weighted by Gasteiger charge is 2.32. The molecule has 2 nitrogen and oxygen atoms in total. The second-order valence-electron chi connectivity index (χ2n) is 5.94. The van der Waals surface area contributed by atoms with Gasteiger partial charge in [-0.1, -0.05) is 46.3 Å². The second kappa shape index (κ2) is 6.90. The molecule has 0 spiro atoms. The summed E-state index contributed by atoms with van der Waals surface area (Å²) in [6.45, 7) is 3.14. The smallest absolute Gasteiger partial charge is 0.127 e. The van der Waals surface area contributed by atoms with Crippen LogP contribution in [0.25, 0.3) is 0 Å². The van der Waals surface area contributed by atoms with Crippen LogP contribution in [0.1, 0.15) is 17.0 Å². The zero-order valence-corrected chi connectivity index (χ0v) is 14.0. The summed E-state index contributed by atoms with van der Waals surface area (Å²) >= 11 is 3.41. The van der Waals surface area contributed by atoms with Gasteiger partial charge in [-0.15, -0.1) is 0 Å². The number of hydrogen-bond donors (Lipinski definition) is 1. The van der Waals surface area contributed by atoms with Gasteiger partial charge in [0.2, 0.25) is 0 Å². The van der Waals surface area contributed by atoms with Crippen molar-refractivity contribution in [1.29, 1.82) is 0 Å². The van der Waals surface area contributed by atoms with E-state index >= 15 is 0 Å². The number of nitrogens with zero attached hydrogens (tertiary/aromatic N) is 1. The third-order valence-corrected chi connectivity index (χ3v) is 4.94. The Balaban J connectivity index is 1.76. The first kappa shape index (κ1) is 15.7.